The van der Waals surface area contributed by atoms with Crippen molar-refractivity contribution in [3.63, 3.8) is 0 Å². The molecule has 2 unspecified atom stereocenters. The molecule has 1 saturated heterocycles. The van der Waals surface area contributed by atoms with Gasteiger partial charge in [0, 0.05) is 41.4 Å². The summed E-state index contributed by atoms with van der Waals surface area (Å²) in [5.74, 6) is 7.70. The minimum atomic E-state index is -0.503. The van der Waals surface area contributed by atoms with Gasteiger partial charge in [0.1, 0.15) is 18.0 Å². The maximum atomic E-state index is 13.6. The number of hydrogen-bond donors (Lipinski definition) is 2. The molecule has 0 radical (unpaired) electrons. The van der Waals surface area contributed by atoms with Gasteiger partial charge in [-0.1, -0.05) is 29.5 Å². The van der Waals surface area contributed by atoms with Crippen molar-refractivity contribution in [2.75, 3.05) is 44.5 Å². The van der Waals surface area contributed by atoms with Gasteiger partial charge in [-0.3, -0.25) is 4.79 Å². The first-order chi connectivity index (χ1) is 17.4. The van der Waals surface area contributed by atoms with Gasteiger partial charge in [-0.2, -0.15) is 0 Å². The van der Waals surface area contributed by atoms with Gasteiger partial charge in [0.25, 0.3) is 0 Å². The van der Waals surface area contributed by atoms with Crippen LogP contribution in [0.1, 0.15) is 5.56 Å². The van der Waals surface area contributed by atoms with Crippen LogP contribution >= 0.6 is 11.6 Å². The summed E-state index contributed by atoms with van der Waals surface area (Å²) in [5.41, 5.74) is 2.47. The number of aromatic nitrogens is 2. The third kappa shape index (κ3) is 5.34. The van der Waals surface area contributed by atoms with E-state index in [0.717, 1.165) is 13.2 Å². The van der Waals surface area contributed by atoms with Gasteiger partial charge >= 0.3 is 0 Å². The lowest BCUT2D eigenvalue weighted by atomic mass is 10.1. The molecule has 2 N–H and O–H groups in total. The first-order valence-corrected chi connectivity index (χ1v) is 12.0. The zero-order chi connectivity index (χ0) is 25.2. The number of carbonyl (C=O) groups is 1. The number of ether oxygens (including phenoxy) is 1. The van der Waals surface area contributed by atoms with Crippen LogP contribution in [0, 0.1) is 35.4 Å². The van der Waals surface area contributed by atoms with Crippen LogP contribution in [0.15, 0.2) is 48.8 Å². The summed E-state index contributed by atoms with van der Waals surface area (Å²) in [6, 6.07) is 8.00. The number of likely N-dealkylation sites (N-methyl/N-ethyl adjacent to an activating group) is 1. The van der Waals surface area contributed by atoms with E-state index < -0.39 is 5.82 Å². The molecule has 2 heterocycles. The van der Waals surface area contributed by atoms with E-state index in [9.17, 15) is 9.18 Å². The molecule has 2 aromatic carbocycles. The van der Waals surface area contributed by atoms with Crippen molar-refractivity contribution in [3.05, 3.63) is 65.2 Å². The number of benzene rings is 2. The topological polar surface area (TPSA) is 79.4 Å². The molecular weight excluding hydrogens is 481 g/mol. The number of anilines is 3. The molecule has 184 valence electrons. The highest BCUT2D eigenvalue weighted by molar-refractivity contribution is 6.31. The molecule has 0 bridgehead atoms. The number of amides is 1. The number of rotatable bonds is 6. The van der Waals surface area contributed by atoms with Crippen molar-refractivity contribution < 1.29 is 13.9 Å². The van der Waals surface area contributed by atoms with Crippen molar-refractivity contribution >= 4 is 45.6 Å². The van der Waals surface area contributed by atoms with Crippen LogP contribution in [-0.4, -0.2) is 54.6 Å². The van der Waals surface area contributed by atoms with Crippen molar-refractivity contribution in [3.8, 4) is 11.8 Å². The van der Waals surface area contributed by atoms with Gasteiger partial charge in [0.2, 0.25) is 5.91 Å². The number of nitrogens with one attached hydrogen (secondary N) is 2. The first kappa shape index (κ1) is 24.2. The monoisotopic (exact) mass is 505 g/mol. The molecule has 1 aliphatic carbocycles. The zero-order valence-electron chi connectivity index (χ0n) is 19.9. The molecule has 3 atom stereocenters. The highest BCUT2D eigenvalue weighted by Crippen LogP contribution is 2.50. The molecule has 2 fully saturated rings. The average molecular weight is 506 g/mol. The van der Waals surface area contributed by atoms with Crippen molar-refractivity contribution in [2.24, 2.45) is 17.8 Å². The Morgan fingerprint density at radius 1 is 1.25 bits per heavy atom. The smallest absolute Gasteiger partial charge is 0.248 e. The van der Waals surface area contributed by atoms with Gasteiger partial charge in [-0.05, 0) is 44.4 Å². The lowest BCUT2D eigenvalue weighted by molar-refractivity contribution is -0.111. The fourth-order valence-electron chi connectivity index (χ4n) is 4.28. The lowest BCUT2D eigenvalue weighted by Gasteiger charge is -2.12. The van der Waals surface area contributed by atoms with Crippen LogP contribution < -0.4 is 10.6 Å². The van der Waals surface area contributed by atoms with Crippen molar-refractivity contribution in [1.82, 2.24) is 14.9 Å². The molecule has 5 rings (SSSR count). The van der Waals surface area contributed by atoms with Gasteiger partial charge in [-0.25, -0.2) is 14.4 Å². The van der Waals surface area contributed by atoms with E-state index in [1.807, 2.05) is 25.1 Å². The lowest BCUT2D eigenvalue weighted by Crippen LogP contribution is -2.13. The van der Waals surface area contributed by atoms with Crippen molar-refractivity contribution in [1.29, 1.82) is 0 Å². The Hall–Kier alpha value is -3.51. The maximum Gasteiger partial charge on any atom is 0.248 e. The molecule has 36 heavy (non-hydrogen) atoms. The van der Waals surface area contributed by atoms with Crippen LogP contribution in [0.4, 0.5) is 21.6 Å². The number of carbonyl (C=O) groups excluding carboxylic acids is 1. The number of nitrogens with zero attached hydrogens (tertiary/aromatic N) is 3. The minimum absolute atomic E-state index is 0.00336. The standard InChI is InChI=1S/C27H25ClFN5O2/c1-34(2)9-3-4-26(35)33-24-12-19-25(10-16(24)5-7-18-20-13-36-14-21(18)20)30-15-31-27(19)32-17-6-8-23(29)22(28)11-17/h3-4,6,8,10-12,15,18,20-21H,9,13-14H2,1-2H3,(H,33,35)(H,30,31,32)/b4-3+/t18?,20-,21?/m1/s1. The van der Waals surface area contributed by atoms with E-state index in [1.54, 1.807) is 18.2 Å². The van der Waals surface area contributed by atoms with Crippen LogP contribution in [-0.2, 0) is 9.53 Å². The summed E-state index contributed by atoms with van der Waals surface area (Å²) < 4.78 is 19.1. The zero-order valence-corrected chi connectivity index (χ0v) is 20.6. The Morgan fingerprint density at radius 2 is 2.06 bits per heavy atom. The van der Waals surface area contributed by atoms with E-state index in [-0.39, 0.29) is 10.9 Å². The Kier molecular flexibility index (Phi) is 6.88. The van der Waals surface area contributed by atoms with E-state index in [4.69, 9.17) is 16.3 Å². The second-order valence-electron chi connectivity index (χ2n) is 9.21. The predicted octanol–water partition coefficient (Wildman–Crippen LogP) is 4.47. The quantitative estimate of drug-likeness (QED) is 0.380. The molecule has 2 aliphatic rings. The summed E-state index contributed by atoms with van der Waals surface area (Å²) in [6.07, 6.45) is 4.74. The third-order valence-electron chi connectivity index (χ3n) is 6.28. The Balaban J connectivity index is 1.49. The summed E-state index contributed by atoms with van der Waals surface area (Å²) in [5, 5.41) is 6.79. The Labute approximate surface area is 213 Å². The first-order valence-electron chi connectivity index (χ1n) is 11.6. The fraction of sp³-hybridized carbons (Fsp3) is 0.296. The molecule has 1 aromatic heterocycles. The van der Waals surface area contributed by atoms with E-state index >= 15 is 0 Å². The Morgan fingerprint density at radius 3 is 2.81 bits per heavy atom. The summed E-state index contributed by atoms with van der Waals surface area (Å²) in [7, 11) is 3.86. The van der Waals surface area contributed by atoms with Gasteiger partial charge in [-0.15, -0.1) is 0 Å². The second-order valence-corrected chi connectivity index (χ2v) is 9.61. The second kappa shape index (κ2) is 10.2. The van der Waals surface area contributed by atoms with Crippen LogP contribution in [0.3, 0.4) is 0 Å². The van der Waals surface area contributed by atoms with Crippen LogP contribution in [0.5, 0.6) is 0 Å². The van der Waals surface area contributed by atoms with Crippen molar-refractivity contribution in [2.45, 2.75) is 0 Å². The molecule has 0 spiro atoms. The maximum absolute atomic E-state index is 13.6. The van der Waals surface area contributed by atoms with Gasteiger partial charge in [0.05, 0.1) is 35.0 Å². The number of fused-ring (bicyclic) bond motifs is 2. The minimum Gasteiger partial charge on any atom is -0.381 e. The van der Waals surface area contributed by atoms with E-state index in [1.165, 1.54) is 24.5 Å². The van der Waals surface area contributed by atoms with Crippen LogP contribution in [0.25, 0.3) is 10.9 Å². The van der Waals surface area contributed by atoms with Gasteiger partial charge < -0.3 is 20.3 Å². The summed E-state index contributed by atoms with van der Waals surface area (Å²) in [6.45, 7) is 2.17. The van der Waals surface area contributed by atoms with E-state index in [0.29, 0.717) is 58.0 Å². The molecule has 7 nitrogen and oxygen atoms in total. The third-order valence-corrected chi connectivity index (χ3v) is 6.57. The molecular formula is C27H25ClFN5O2. The molecule has 1 aliphatic heterocycles. The summed E-state index contributed by atoms with van der Waals surface area (Å²) >= 11 is 5.94. The molecule has 1 saturated carbocycles. The normalized spacial score (nSPS) is 20.3. The molecule has 1 amide bonds. The Bertz CT molecular complexity index is 1400. The van der Waals surface area contributed by atoms with Gasteiger partial charge in [0.15, 0.2) is 0 Å². The van der Waals surface area contributed by atoms with Crippen LogP contribution in [0.2, 0.25) is 5.02 Å². The molecule has 9 heteroatoms. The largest absolute Gasteiger partial charge is 0.381 e. The molecule has 3 aromatic rings. The highest BCUT2D eigenvalue weighted by atomic mass is 35.5. The predicted molar refractivity (Wildman–Crippen MR) is 139 cm³/mol. The number of halogens is 2. The SMILES string of the molecule is CN(C)C/C=C/C(=O)Nc1cc2c(Nc3ccc(F)c(Cl)c3)ncnc2cc1C#CC1C2COC[C@H]12. The highest BCUT2D eigenvalue weighted by Gasteiger charge is 2.53. The number of hydrogen-bond acceptors (Lipinski definition) is 6. The average Bonchev–Trinajstić information content (AvgIpc) is 3.26. The van der Waals surface area contributed by atoms with E-state index in [2.05, 4.69) is 32.4 Å². The fourth-order valence-corrected chi connectivity index (χ4v) is 4.46. The summed E-state index contributed by atoms with van der Waals surface area (Å²) in [4.78, 5) is 23.4.